The maximum Gasteiger partial charge on any atom is 0.151 e. The first-order valence-electron chi connectivity index (χ1n) is 4.19. The van der Waals surface area contributed by atoms with Gasteiger partial charge in [0.2, 0.25) is 0 Å². The van der Waals surface area contributed by atoms with Gasteiger partial charge in [-0.25, -0.2) is 0 Å². The van der Waals surface area contributed by atoms with Crippen molar-refractivity contribution in [3.63, 3.8) is 0 Å². The van der Waals surface area contributed by atoms with Crippen LogP contribution in [0.2, 0.25) is 0 Å². The summed E-state index contributed by atoms with van der Waals surface area (Å²) in [5.41, 5.74) is 1.12. The molecule has 0 aromatic heterocycles. The quantitative estimate of drug-likeness (QED) is 0.457. The zero-order valence-corrected chi connectivity index (χ0v) is 7.21. The van der Waals surface area contributed by atoms with Crippen LogP contribution in [0.3, 0.4) is 0 Å². The van der Waals surface area contributed by atoms with Gasteiger partial charge in [-0.1, -0.05) is 25.5 Å². The zero-order chi connectivity index (χ0) is 8.69. The maximum atomic E-state index is 8.54. The number of hydrogen-bond acceptors (Lipinski definition) is 2. The first-order valence-corrected chi connectivity index (χ1v) is 4.19. The summed E-state index contributed by atoms with van der Waals surface area (Å²) in [4.78, 5) is 0. The molecule has 0 radical (unpaired) electrons. The van der Waals surface area contributed by atoms with E-state index in [0.29, 0.717) is 6.42 Å². The molecule has 0 aliphatic rings. The minimum Gasteiger partial charge on any atom is -0.368 e. The molecule has 0 amide bonds. The monoisotopic (exact) mass is 158 g/mol. The van der Waals surface area contributed by atoms with Crippen molar-refractivity contribution in [1.29, 1.82) is 0 Å². The summed E-state index contributed by atoms with van der Waals surface area (Å²) >= 11 is 0. The lowest BCUT2D eigenvalue weighted by Gasteiger charge is -2.05. The van der Waals surface area contributed by atoms with E-state index < -0.39 is 6.29 Å². The predicted molar refractivity (Wildman–Crippen MR) is 46.1 cm³/mol. The molecule has 2 N–H and O–H groups in total. The second-order valence-electron chi connectivity index (χ2n) is 2.87. The van der Waals surface area contributed by atoms with Crippen LogP contribution in [0.5, 0.6) is 0 Å². The van der Waals surface area contributed by atoms with Gasteiger partial charge in [0.1, 0.15) is 0 Å². The summed E-state index contributed by atoms with van der Waals surface area (Å²) in [7, 11) is 0. The number of rotatable bonds is 6. The average Bonchev–Trinajstić information content (AvgIpc) is 1.97. The molecular formula is C9H18O2. The molecule has 0 rings (SSSR count). The molecule has 0 saturated heterocycles. The van der Waals surface area contributed by atoms with Gasteiger partial charge in [0, 0.05) is 6.42 Å². The van der Waals surface area contributed by atoms with Crippen LogP contribution in [-0.4, -0.2) is 16.5 Å². The normalized spacial score (nSPS) is 10.5. The van der Waals surface area contributed by atoms with Gasteiger partial charge in [-0.2, -0.15) is 0 Å². The molecule has 0 aliphatic carbocycles. The van der Waals surface area contributed by atoms with Crippen molar-refractivity contribution in [3.8, 4) is 0 Å². The molecule has 0 aliphatic heterocycles. The Morgan fingerprint density at radius 1 is 1.36 bits per heavy atom. The fraction of sp³-hybridized carbons (Fsp3) is 0.778. The van der Waals surface area contributed by atoms with Gasteiger partial charge >= 0.3 is 0 Å². The highest BCUT2D eigenvalue weighted by Crippen LogP contribution is 2.11. The van der Waals surface area contributed by atoms with Gasteiger partial charge in [0.25, 0.3) is 0 Å². The molecule has 0 saturated carbocycles. The molecule has 0 aromatic rings. The van der Waals surface area contributed by atoms with Crippen molar-refractivity contribution in [3.05, 3.63) is 12.2 Å². The Kier molecular flexibility index (Phi) is 6.18. The van der Waals surface area contributed by atoms with Crippen molar-refractivity contribution in [2.24, 2.45) is 0 Å². The molecule has 0 heterocycles. The second kappa shape index (κ2) is 6.38. The third kappa shape index (κ3) is 7.56. The van der Waals surface area contributed by atoms with Crippen molar-refractivity contribution >= 4 is 0 Å². The lowest BCUT2D eigenvalue weighted by Crippen LogP contribution is -2.03. The molecule has 66 valence electrons. The standard InChI is InChI=1S/C9H18O2/c1-3-4-5-8(2)6-7-9(10)11/h9-11H,2-7H2,1H3. The number of aliphatic hydroxyl groups is 2. The summed E-state index contributed by atoms with van der Waals surface area (Å²) in [6.07, 6.45) is 3.32. The molecule has 0 aromatic carbocycles. The Labute approximate surface area is 68.6 Å². The van der Waals surface area contributed by atoms with Crippen molar-refractivity contribution in [1.82, 2.24) is 0 Å². The highest BCUT2D eigenvalue weighted by atomic mass is 16.5. The second-order valence-corrected chi connectivity index (χ2v) is 2.87. The van der Waals surface area contributed by atoms with Crippen LogP contribution in [0.1, 0.15) is 39.0 Å². The highest BCUT2D eigenvalue weighted by molar-refractivity contribution is 4.93. The number of unbranched alkanes of at least 4 members (excludes halogenated alkanes) is 1. The fourth-order valence-electron chi connectivity index (χ4n) is 0.885. The third-order valence-corrected chi connectivity index (χ3v) is 1.64. The van der Waals surface area contributed by atoms with Gasteiger partial charge in [-0.3, -0.25) is 0 Å². The number of allylic oxidation sites excluding steroid dienone is 1. The lowest BCUT2D eigenvalue weighted by molar-refractivity contribution is -0.0447. The molecule has 0 fully saturated rings. The van der Waals surface area contributed by atoms with Crippen LogP contribution in [0.15, 0.2) is 12.2 Å². The smallest absolute Gasteiger partial charge is 0.151 e. The first kappa shape index (κ1) is 10.7. The van der Waals surface area contributed by atoms with Gasteiger partial charge in [0.05, 0.1) is 0 Å². The largest absolute Gasteiger partial charge is 0.368 e. The summed E-state index contributed by atoms with van der Waals surface area (Å²) in [5, 5.41) is 17.1. The van der Waals surface area contributed by atoms with Crippen molar-refractivity contribution < 1.29 is 10.2 Å². The fourth-order valence-corrected chi connectivity index (χ4v) is 0.885. The molecule has 2 nitrogen and oxygen atoms in total. The number of hydrogen-bond donors (Lipinski definition) is 2. The zero-order valence-electron chi connectivity index (χ0n) is 7.21. The Morgan fingerprint density at radius 3 is 2.45 bits per heavy atom. The van der Waals surface area contributed by atoms with E-state index in [1.807, 2.05) is 0 Å². The van der Waals surface area contributed by atoms with E-state index in [2.05, 4.69) is 13.5 Å². The van der Waals surface area contributed by atoms with E-state index in [1.165, 1.54) is 6.42 Å². The van der Waals surface area contributed by atoms with Crippen LogP contribution in [-0.2, 0) is 0 Å². The number of aliphatic hydroxyl groups excluding tert-OH is 1. The highest BCUT2D eigenvalue weighted by Gasteiger charge is 1.99. The van der Waals surface area contributed by atoms with Crippen molar-refractivity contribution in [2.45, 2.75) is 45.3 Å². The van der Waals surface area contributed by atoms with E-state index in [9.17, 15) is 0 Å². The SMILES string of the molecule is C=C(CCCC)CCC(O)O. The van der Waals surface area contributed by atoms with Crippen LogP contribution in [0.4, 0.5) is 0 Å². The van der Waals surface area contributed by atoms with Gasteiger partial charge in [0.15, 0.2) is 6.29 Å². The average molecular weight is 158 g/mol. The van der Waals surface area contributed by atoms with Gasteiger partial charge < -0.3 is 10.2 Å². The Balaban J connectivity index is 3.23. The molecule has 0 unspecified atom stereocenters. The Hall–Kier alpha value is -0.340. The molecule has 0 bridgehead atoms. The van der Waals surface area contributed by atoms with Crippen LogP contribution in [0, 0.1) is 0 Å². The molecule has 0 atom stereocenters. The molecular weight excluding hydrogens is 140 g/mol. The van der Waals surface area contributed by atoms with Gasteiger partial charge in [-0.15, -0.1) is 0 Å². The Morgan fingerprint density at radius 2 is 2.00 bits per heavy atom. The summed E-state index contributed by atoms with van der Waals surface area (Å²) in [6.45, 7) is 5.98. The van der Waals surface area contributed by atoms with E-state index in [4.69, 9.17) is 10.2 Å². The van der Waals surface area contributed by atoms with E-state index in [0.717, 1.165) is 24.8 Å². The molecule has 11 heavy (non-hydrogen) atoms. The summed E-state index contributed by atoms with van der Waals surface area (Å²) in [5.74, 6) is 0. The summed E-state index contributed by atoms with van der Waals surface area (Å²) < 4.78 is 0. The van der Waals surface area contributed by atoms with Crippen LogP contribution in [0.25, 0.3) is 0 Å². The Bertz CT molecular complexity index is 108. The molecule has 2 heteroatoms. The summed E-state index contributed by atoms with van der Waals surface area (Å²) in [6, 6.07) is 0. The minimum absolute atomic E-state index is 0.419. The van der Waals surface area contributed by atoms with E-state index >= 15 is 0 Å². The van der Waals surface area contributed by atoms with Crippen LogP contribution < -0.4 is 0 Å². The predicted octanol–water partition coefficient (Wildman–Crippen LogP) is 1.82. The van der Waals surface area contributed by atoms with E-state index in [1.54, 1.807) is 0 Å². The lowest BCUT2D eigenvalue weighted by atomic mass is 10.1. The first-order chi connectivity index (χ1) is 5.16. The van der Waals surface area contributed by atoms with Crippen LogP contribution >= 0.6 is 0 Å². The van der Waals surface area contributed by atoms with Gasteiger partial charge in [-0.05, 0) is 19.3 Å². The third-order valence-electron chi connectivity index (χ3n) is 1.64. The van der Waals surface area contributed by atoms with Crippen molar-refractivity contribution in [2.75, 3.05) is 0 Å². The minimum atomic E-state index is -1.17. The van der Waals surface area contributed by atoms with E-state index in [-0.39, 0.29) is 0 Å². The molecule has 0 spiro atoms. The topological polar surface area (TPSA) is 40.5 Å². The maximum absolute atomic E-state index is 8.54.